The minimum atomic E-state index is 0.253. The Morgan fingerprint density at radius 3 is 2.80 bits per heavy atom. The Morgan fingerprint density at radius 2 is 2.20 bits per heavy atom. The van der Waals surface area contributed by atoms with Gasteiger partial charge >= 0.3 is 0 Å². The number of nitrogens with two attached hydrogens (primary N) is 1. The highest BCUT2D eigenvalue weighted by atomic mass is 14.6. The molecule has 1 nitrogen and oxygen atoms in total. The van der Waals surface area contributed by atoms with Gasteiger partial charge in [-0.1, -0.05) is 35.4 Å². The monoisotopic (exact) mass is 203 g/mol. The van der Waals surface area contributed by atoms with Crippen molar-refractivity contribution in [3.05, 3.63) is 47.5 Å². The second-order valence-electron chi connectivity index (χ2n) is 4.45. The molecule has 0 aliphatic rings. The molecule has 0 aromatic heterocycles. The molecule has 0 amide bonds. The molecular formula is C14H21N. The van der Waals surface area contributed by atoms with Gasteiger partial charge in [0.2, 0.25) is 0 Å². The van der Waals surface area contributed by atoms with E-state index in [0.717, 1.165) is 19.3 Å². The van der Waals surface area contributed by atoms with Crippen molar-refractivity contribution in [3.63, 3.8) is 0 Å². The maximum Gasteiger partial charge on any atom is 0.00823 e. The van der Waals surface area contributed by atoms with Crippen LogP contribution in [-0.2, 0) is 6.42 Å². The summed E-state index contributed by atoms with van der Waals surface area (Å²) < 4.78 is 0. The van der Waals surface area contributed by atoms with Gasteiger partial charge in [0.1, 0.15) is 0 Å². The second-order valence-corrected chi connectivity index (χ2v) is 4.45. The van der Waals surface area contributed by atoms with Crippen molar-refractivity contribution < 1.29 is 0 Å². The lowest BCUT2D eigenvalue weighted by Crippen LogP contribution is -2.22. The highest BCUT2D eigenvalue weighted by molar-refractivity contribution is 5.22. The molecular weight excluding hydrogens is 182 g/mol. The van der Waals surface area contributed by atoms with Gasteiger partial charge in [0, 0.05) is 6.04 Å². The van der Waals surface area contributed by atoms with Crippen LogP contribution in [-0.4, -0.2) is 6.04 Å². The standard InChI is InChI=1S/C14H21N/c1-11(2)7-8-14(15)10-13-6-4-5-12(3)9-13/h4-6,9,14H,1,7-8,10,15H2,2-3H3. The van der Waals surface area contributed by atoms with Crippen LogP contribution in [0, 0.1) is 6.92 Å². The Hall–Kier alpha value is -1.08. The average molecular weight is 203 g/mol. The summed E-state index contributed by atoms with van der Waals surface area (Å²) in [5.74, 6) is 0. The highest BCUT2D eigenvalue weighted by Gasteiger charge is 2.04. The van der Waals surface area contributed by atoms with Gasteiger partial charge in [-0.15, -0.1) is 6.58 Å². The van der Waals surface area contributed by atoms with Crippen LogP contribution in [0.25, 0.3) is 0 Å². The topological polar surface area (TPSA) is 26.0 Å². The predicted octanol–water partition coefficient (Wildman–Crippen LogP) is 3.22. The Morgan fingerprint density at radius 1 is 1.47 bits per heavy atom. The Bertz CT molecular complexity index is 328. The van der Waals surface area contributed by atoms with Crippen LogP contribution in [0.5, 0.6) is 0 Å². The van der Waals surface area contributed by atoms with Crippen LogP contribution >= 0.6 is 0 Å². The Kier molecular flexibility index (Phi) is 4.57. The van der Waals surface area contributed by atoms with Crippen molar-refractivity contribution in [1.29, 1.82) is 0 Å². The maximum atomic E-state index is 6.06. The third kappa shape index (κ3) is 4.80. The number of allylic oxidation sites excluding steroid dienone is 1. The summed E-state index contributed by atoms with van der Waals surface area (Å²) in [6.07, 6.45) is 3.03. The lowest BCUT2D eigenvalue weighted by molar-refractivity contribution is 0.609. The molecule has 1 rings (SSSR count). The van der Waals surface area contributed by atoms with Crippen LogP contribution in [0.15, 0.2) is 36.4 Å². The van der Waals surface area contributed by atoms with E-state index in [2.05, 4.69) is 44.7 Å². The fraction of sp³-hybridized carbons (Fsp3) is 0.429. The summed E-state index contributed by atoms with van der Waals surface area (Å²) >= 11 is 0. The Labute approximate surface area is 93.0 Å². The summed E-state index contributed by atoms with van der Waals surface area (Å²) in [7, 11) is 0. The molecule has 2 N–H and O–H groups in total. The lowest BCUT2D eigenvalue weighted by atomic mass is 10.00. The van der Waals surface area contributed by atoms with Crippen molar-refractivity contribution in [2.45, 2.75) is 39.2 Å². The largest absolute Gasteiger partial charge is 0.327 e. The average Bonchev–Trinajstić information content (AvgIpc) is 2.15. The van der Waals surface area contributed by atoms with E-state index in [9.17, 15) is 0 Å². The van der Waals surface area contributed by atoms with Gasteiger partial charge in [-0.25, -0.2) is 0 Å². The minimum absolute atomic E-state index is 0.253. The molecule has 15 heavy (non-hydrogen) atoms. The first-order valence-electron chi connectivity index (χ1n) is 5.53. The van der Waals surface area contributed by atoms with E-state index in [-0.39, 0.29) is 6.04 Å². The van der Waals surface area contributed by atoms with Crippen molar-refractivity contribution in [2.24, 2.45) is 5.73 Å². The van der Waals surface area contributed by atoms with Gasteiger partial charge < -0.3 is 5.73 Å². The van der Waals surface area contributed by atoms with Crippen LogP contribution in [0.3, 0.4) is 0 Å². The van der Waals surface area contributed by atoms with Crippen LogP contribution in [0.2, 0.25) is 0 Å². The molecule has 0 fully saturated rings. The van der Waals surface area contributed by atoms with Crippen molar-refractivity contribution in [1.82, 2.24) is 0 Å². The fourth-order valence-electron chi connectivity index (χ4n) is 1.68. The van der Waals surface area contributed by atoms with Crippen molar-refractivity contribution in [2.75, 3.05) is 0 Å². The molecule has 1 unspecified atom stereocenters. The van der Waals surface area contributed by atoms with E-state index < -0.39 is 0 Å². The number of rotatable bonds is 5. The molecule has 0 radical (unpaired) electrons. The first-order chi connectivity index (χ1) is 7.08. The highest BCUT2D eigenvalue weighted by Crippen LogP contribution is 2.10. The van der Waals surface area contributed by atoms with E-state index in [1.165, 1.54) is 16.7 Å². The lowest BCUT2D eigenvalue weighted by Gasteiger charge is -2.11. The van der Waals surface area contributed by atoms with Gasteiger partial charge in [0.25, 0.3) is 0 Å². The number of benzene rings is 1. The summed E-state index contributed by atoms with van der Waals surface area (Å²) in [5, 5.41) is 0. The van der Waals surface area contributed by atoms with E-state index in [1.807, 2.05) is 0 Å². The van der Waals surface area contributed by atoms with Crippen LogP contribution in [0.4, 0.5) is 0 Å². The Balaban J connectivity index is 2.44. The zero-order chi connectivity index (χ0) is 11.3. The quantitative estimate of drug-likeness (QED) is 0.731. The molecule has 1 atom stereocenters. The molecule has 1 heteroatoms. The van der Waals surface area contributed by atoms with Gasteiger partial charge in [0.05, 0.1) is 0 Å². The number of hydrogen-bond donors (Lipinski definition) is 1. The summed E-state index contributed by atoms with van der Waals surface area (Å²) in [6.45, 7) is 8.06. The second kappa shape index (κ2) is 5.72. The molecule has 0 bridgehead atoms. The van der Waals surface area contributed by atoms with Crippen molar-refractivity contribution >= 4 is 0 Å². The molecule has 0 aliphatic heterocycles. The molecule has 0 aliphatic carbocycles. The molecule has 1 aromatic carbocycles. The molecule has 82 valence electrons. The minimum Gasteiger partial charge on any atom is -0.327 e. The van der Waals surface area contributed by atoms with E-state index in [0.29, 0.717) is 0 Å². The van der Waals surface area contributed by atoms with Crippen molar-refractivity contribution in [3.8, 4) is 0 Å². The number of hydrogen-bond acceptors (Lipinski definition) is 1. The summed E-state index contributed by atoms with van der Waals surface area (Å²) in [6, 6.07) is 8.82. The molecule has 0 heterocycles. The first-order valence-corrected chi connectivity index (χ1v) is 5.53. The number of aryl methyl sites for hydroxylation is 1. The third-order valence-corrected chi connectivity index (χ3v) is 2.52. The first kappa shape index (κ1) is 12.0. The van der Waals surface area contributed by atoms with Gasteiger partial charge in [-0.2, -0.15) is 0 Å². The normalized spacial score (nSPS) is 12.5. The molecule has 0 saturated heterocycles. The zero-order valence-corrected chi connectivity index (χ0v) is 9.79. The SMILES string of the molecule is C=C(C)CCC(N)Cc1cccc(C)c1. The smallest absolute Gasteiger partial charge is 0.00823 e. The summed E-state index contributed by atoms with van der Waals surface area (Å²) in [5.41, 5.74) is 9.92. The zero-order valence-electron chi connectivity index (χ0n) is 9.79. The van der Waals surface area contributed by atoms with E-state index >= 15 is 0 Å². The third-order valence-electron chi connectivity index (χ3n) is 2.52. The maximum absolute atomic E-state index is 6.06. The van der Waals surface area contributed by atoms with Crippen LogP contribution in [0.1, 0.15) is 30.9 Å². The van der Waals surface area contributed by atoms with Gasteiger partial charge in [-0.3, -0.25) is 0 Å². The fourth-order valence-corrected chi connectivity index (χ4v) is 1.68. The van der Waals surface area contributed by atoms with E-state index in [1.54, 1.807) is 0 Å². The molecule has 1 aromatic rings. The molecule has 0 spiro atoms. The predicted molar refractivity (Wildman–Crippen MR) is 66.9 cm³/mol. The van der Waals surface area contributed by atoms with Crippen LogP contribution < -0.4 is 5.73 Å². The van der Waals surface area contributed by atoms with Gasteiger partial charge in [0.15, 0.2) is 0 Å². The summed E-state index contributed by atoms with van der Waals surface area (Å²) in [4.78, 5) is 0. The van der Waals surface area contributed by atoms with E-state index in [4.69, 9.17) is 5.73 Å². The molecule has 0 saturated carbocycles. The van der Waals surface area contributed by atoms with Gasteiger partial charge in [-0.05, 0) is 38.7 Å².